The first kappa shape index (κ1) is 9.23. The maximum Gasteiger partial charge on any atom is 0.243 e. The van der Waals surface area contributed by atoms with Crippen molar-refractivity contribution >= 4 is 11.6 Å². The van der Waals surface area contributed by atoms with Gasteiger partial charge in [-0.15, -0.1) is 0 Å². The molecule has 1 aliphatic heterocycles. The highest BCUT2D eigenvalue weighted by atomic mass is 16.1. The van der Waals surface area contributed by atoms with Crippen molar-refractivity contribution in [2.24, 2.45) is 0 Å². The monoisotopic (exact) mass is 169 g/mol. The summed E-state index contributed by atoms with van der Waals surface area (Å²) >= 11 is 0. The van der Waals surface area contributed by atoms with Crippen LogP contribution in [-0.2, 0) is 4.79 Å². The van der Waals surface area contributed by atoms with Crippen LogP contribution >= 0.6 is 0 Å². The number of likely N-dealkylation sites (N-methyl/N-ethyl adjacent to an activating group) is 1. The Balaban J connectivity index is 2.83. The minimum atomic E-state index is 0.0983. The largest absolute Gasteiger partial charge is 0.295 e. The van der Waals surface area contributed by atoms with Crippen molar-refractivity contribution in [1.82, 2.24) is 4.90 Å². The van der Waals surface area contributed by atoms with Crippen LogP contribution in [-0.4, -0.2) is 47.8 Å². The van der Waals surface area contributed by atoms with E-state index in [1.54, 1.807) is 6.92 Å². The lowest BCUT2D eigenvalue weighted by Gasteiger charge is -2.27. The molecule has 0 aromatic carbocycles. The summed E-state index contributed by atoms with van der Waals surface area (Å²) in [4.78, 5) is 13.2. The number of nitrogens with zero attached hydrogens (tertiary/aromatic N) is 2. The van der Waals surface area contributed by atoms with Gasteiger partial charge in [-0.25, -0.2) is 0 Å². The molecule has 0 spiro atoms. The molecule has 0 saturated carbocycles. The normalized spacial score (nSPS) is 24.7. The second-order valence-corrected chi connectivity index (χ2v) is 3.49. The van der Waals surface area contributed by atoms with Gasteiger partial charge >= 0.3 is 0 Å². The Morgan fingerprint density at radius 3 is 2.75 bits per heavy atom. The summed E-state index contributed by atoms with van der Waals surface area (Å²) in [6.07, 6.45) is 0.944. The first-order chi connectivity index (χ1) is 5.54. The van der Waals surface area contributed by atoms with E-state index in [1.165, 1.54) is 5.84 Å². The van der Waals surface area contributed by atoms with E-state index < -0.39 is 0 Å². The van der Waals surface area contributed by atoms with Gasteiger partial charge in [0.05, 0.1) is 20.6 Å². The Hall–Kier alpha value is -0.860. The maximum absolute atomic E-state index is 11.2. The standard InChI is InChI=1S/C9H17N2O/c1-7(12)9-5-6-10(3)8(2)11(9)4/h9H,5-6H2,1-4H3/q+1. The van der Waals surface area contributed by atoms with Gasteiger partial charge in [-0.2, -0.15) is 0 Å². The Morgan fingerprint density at radius 2 is 2.25 bits per heavy atom. The van der Waals surface area contributed by atoms with Gasteiger partial charge in [-0.3, -0.25) is 14.3 Å². The quantitative estimate of drug-likeness (QED) is 0.528. The number of amidine groups is 1. The van der Waals surface area contributed by atoms with Crippen molar-refractivity contribution in [2.45, 2.75) is 26.3 Å². The third kappa shape index (κ3) is 1.49. The number of Topliss-reactive ketones (excluding diaryl/α,β-unsaturated/α-hetero) is 1. The Labute approximate surface area is 73.7 Å². The number of hydrogen-bond acceptors (Lipinski definition) is 2. The van der Waals surface area contributed by atoms with Crippen LogP contribution in [0, 0.1) is 0 Å². The van der Waals surface area contributed by atoms with Crippen LogP contribution in [0.1, 0.15) is 20.3 Å². The van der Waals surface area contributed by atoms with Crippen LogP contribution < -0.4 is 0 Å². The van der Waals surface area contributed by atoms with E-state index in [1.807, 2.05) is 7.05 Å². The lowest BCUT2D eigenvalue weighted by Crippen LogP contribution is -2.48. The van der Waals surface area contributed by atoms with Crippen molar-refractivity contribution in [2.75, 3.05) is 20.6 Å². The number of carbonyl (C=O) groups is 1. The van der Waals surface area contributed by atoms with E-state index in [9.17, 15) is 4.79 Å². The molecule has 68 valence electrons. The van der Waals surface area contributed by atoms with Crippen LogP contribution in [0.5, 0.6) is 0 Å². The van der Waals surface area contributed by atoms with Gasteiger partial charge in [0.1, 0.15) is 0 Å². The van der Waals surface area contributed by atoms with Crippen molar-refractivity contribution in [1.29, 1.82) is 0 Å². The van der Waals surface area contributed by atoms with Crippen molar-refractivity contribution < 1.29 is 9.37 Å². The third-order valence-corrected chi connectivity index (χ3v) is 2.74. The summed E-state index contributed by atoms with van der Waals surface area (Å²) in [6.45, 7) is 4.70. The SMILES string of the molecule is CC(=O)C1CC[N+](C)=C(C)N1C. The molecule has 1 unspecified atom stereocenters. The van der Waals surface area contributed by atoms with E-state index in [0.29, 0.717) is 0 Å². The lowest BCUT2D eigenvalue weighted by atomic mass is 10.1. The fraction of sp³-hybridized carbons (Fsp3) is 0.778. The van der Waals surface area contributed by atoms with Gasteiger partial charge in [0, 0.05) is 13.3 Å². The van der Waals surface area contributed by atoms with E-state index in [0.717, 1.165) is 13.0 Å². The highest BCUT2D eigenvalue weighted by Crippen LogP contribution is 2.09. The van der Waals surface area contributed by atoms with Gasteiger partial charge in [0.25, 0.3) is 0 Å². The number of ketones is 1. The number of hydrogen-bond donors (Lipinski definition) is 0. The smallest absolute Gasteiger partial charge is 0.243 e. The van der Waals surface area contributed by atoms with Crippen LogP contribution in [0.25, 0.3) is 0 Å². The van der Waals surface area contributed by atoms with E-state index in [-0.39, 0.29) is 11.8 Å². The highest BCUT2D eigenvalue weighted by molar-refractivity contribution is 5.87. The molecule has 3 nitrogen and oxygen atoms in total. The molecule has 0 fully saturated rings. The highest BCUT2D eigenvalue weighted by Gasteiger charge is 2.31. The first-order valence-electron chi connectivity index (χ1n) is 4.32. The molecule has 0 amide bonds. The van der Waals surface area contributed by atoms with Crippen molar-refractivity contribution in [3.63, 3.8) is 0 Å². The lowest BCUT2D eigenvalue weighted by molar-refractivity contribution is -0.510. The van der Waals surface area contributed by atoms with Gasteiger partial charge < -0.3 is 0 Å². The molecule has 0 saturated heterocycles. The van der Waals surface area contributed by atoms with Crippen LogP contribution in [0.4, 0.5) is 0 Å². The summed E-state index contributed by atoms with van der Waals surface area (Å²) in [5.74, 6) is 1.45. The molecule has 1 atom stereocenters. The van der Waals surface area contributed by atoms with Gasteiger partial charge in [0.15, 0.2) is 11.8 Å². The molecule has 0 aliphatic carbocycles. The van der Waals surface area contributed by atoms with Crippen LogP contribution in [0.15, 0.2) is 0 Å². The minimum Gasteiger partial charge on any atom is -0.295 e. The second kappa shape index (κ2) is 3.25. The number of rotatable bonds is 1. The Morgan fingerprint density at radius 1 is 1.67 bits per heavy atom. The third-order valence-electron chi connectivity index (χ3n) is 2.74. The van der Waals surface area contributed by atoms with Crippen molar-refractivity contribution in [3.8, 4) is 0 Å². The minimum absolute atomic E-state index is 0.0983. The van der Waals surface area contributed by atoms with Gasteiger partial charge in [0.2, 0.25) is 5.84 Å². The summed E-state index contributed by atoms with van der Waals surface area (Å²) < 4.78 is 2.18. The predicted octanol–water partition coefficient (Wildman–Crippen LogP) is 0.340. The zero-order chi connectivity index (χ0) is 9.30. The van der Waals surface area contributed by atoms with Crippen molar-refractivity contribution in [3.05, 3.63) is 0 Å². The molecular weight excluding hydrogens is 152 g/mol. The molecule has 0 bridgehead atoms. The summed E-state index contributed by atoms with van der Waals surface area (Å²) in [5, 5.41) is 0. The molecule has 1 rings (SSSR count). The average molecular weight is 169 g/mol. The summed E-state index contributed by atoms with van der Waals surface area (Å²) in [6, 6.07) is 0.0983. The summed E-state index contributed by atoms with van der Waals surface area (Å²) in [5.41, 5.74) is 0. The summed E-state index contributed by atoms with van der Waals surface area (Å²) in [7, 11) is 4.04. The zero-order valence-electron chi connectivity index (χ0n) is 8.29. The zero-order valence-corrected chi connectivity index (χ0v) is 8.29. The average Bonchev–Trinajstić information content (AvgIpc) is 2.00. The molecule has 0 radical (unpaired) electrons. The molecule has 0 aromatic rings. The van der Waals surface area contributed by atoms with E-state index in [4.69, 9.17) is 0 Å². The molecule has 0 N–H and O–H groups in total. The fourth-order valence-electron chi connectivity index (χ4n) is 1.64. The molecular formula is C9H17N2O+. The van der Waals surface area contributed by atoms with E-state index >= 15 is 0 Å². The predicted molar refractivity (Wildman–Crippen MR) is 48.6 cm³/mol. The second-order valence-electron chi connectivity index (χ2n) is 3.49. The molecule has 1 aliphatic rings. The first-order valence-corrected chi connectivity index (χ1v) is 4.32. The van der Waals surface area contributed by atoms with Gasteiger partial charge in [-0.1, -0.05) is 0 Å². The molecule has 1 heterocycles. The van der Waals surface area contributed by atoms with Crippen LogP contribution in [0.3, 0.4) is 0 Å². The molecule has 0 aromatic heterocycles. The molecule has 12 heavy (non-hydrogen) atoms. The van der Waals surface area contributed by atoms with E-state index in [2.05, 4.69) is 23.4 Å². The number of carbonyl (C=O) groups excluding carboxylic acids is 1. The van der Waals surface area contributed by atoms with Gasteiger partial charge in [-0.05, 0) is 6.92 Å². The fourth-order valence-corrected chi connectivity index (χ4v) is 1.64. The van der Waals surface area contributed by atoms with Crippen LogP contribution in [0.2, 0.25) is 0 Å². The topological polar surface area (TPSA) is 23.3 Å². The Bertz CT molecular complexity index is 233. The Kier molecular flexibility index (Phi) is 2.50. The maximum atomic E-state index is 11.2. The molecule has 3 heteroatoms.